The second-order valence-electron chi connectivity index (χ2n) is 7.87. The van der Waals surface area contributed by atoms with Crippen LogP contribution >= 0.6 is 0 Å². The molecule has 0 spiro atoms. The molecule has 0 radical (unpaired) electrons. The number of carbonyl (C=O) groups is 1. The van der Waals surface area contributed by atoms with Gasteiger partial charge in [-0.3, -0.25) is 4.79 Å². The number of aryl methyl sites for hydroxylation is 3. The summed E-state index contributed by atoms with van der Waals surface area (Å²) in [4.78, 5) is 14.1. The summed E-state index contributed by atoms with van der Waals surface area (Å²) in [5.74, 6) is 1.34. The highest BCUT2D eigenvalue weighted by atomic mass is 16.5. The molecule has 1 saturated heterocycles. The van der Waals surface area contributed by atoms with Crippen molar-refractivity contribution in [3.05, 3.63) is 47.7 Å². The lowest BCUT2D eigenvalue weighted by molar-refractivity contribution is -0.130. The van der Waals surface area contributed by atoms with Crippen molar-refractivity contribution in [2.45, 2.75) is 70.3 Å². The molecule has 1 aliphatic heterocycles. The van der Waals surface area contributed by atoms with Crippen molar-refractivity contribution in [2.24, 2.45) is 0 Å². The quantitative estimate of drug-likeness (QED) is 0.535. The first-order chi connectivity index (χ1) is 14.2. The van der Waals surface area contributed by atoms with Crippen LogP contribution in [0, 0.1) is 0 Å². The van der Waals surface area contributed by atoms with E-state index in [2.05, 4.69) is 34.5 Å². The van der Waals surface area contributed by atoms with Crippen molar-refractivity contribution >= 4 is 5.91 Å². The molecule has 29 heavy (non-hydrogen) atoms. The van der Waals surface area contributed by atoms with Crippen LogP contribution in [0.25, 0.3) is 0 Å². The summed E-state index contributed by atoms with van der Waals surface area (Å²) in [5, 5.41) is 8.22. The topological polar surface area (TPSA) is 68.5 Å². The Morgan fingerprint density at radius 3 is 2.59 bits per heavy atom. The van der Waals surface area contributed by atoms with Crippen LogP contribution < -0.4 is 0 Å². The number of ether oxygens (including phenoxy) is 1. The van der Waals surface area contributed by atoms with Crippen LogP contribution in [0.4, 0.5) is 0 Å². The van der Waals surface area contributed by atoms with E-state index in [9.17, 15) is 4.79 Å². The average Bonchev–Trinajstić information content (AvgIpc) is 3.22. The van der Waals surface area contributed by atoms with E-state index in [0.717, 1.165) is 58.1 Å². The number of aromatic nitrogens is 2. The molecule has 0 saturated carbocycles. The molecule has 1 aromatic carbocycles. The van der Waals surface area contributed by atoms with Crippen LogP contribution in [-0.2, 0) is 28.8 Å². The number of unbranched alkanes of at least 4 members (excludes halogenated alkanes) is 1. The Hall–Kier alpha value is -2.21. The standard InChI is InChI=1S/C23H33N3O3/c1-26(17-16-20-12-7-8-18-28-20)23(27)15-14-22-25-24-21(29-22)13-6-5-11-19-9-3-2-4-10-19/h2-4,9-10,20H,5-8,11-18H2,1H3/t20-/m0/s1. The fraction of sp³-hybridized carbons (Fsp3) is 0.609. The fourth-order valence-corrected chi connectivity index (χ4v) is 3.64. The van der Waals surface area contributed by atoms with Gasteiger partial charge in [0.1, 0.15) is 0 Å². The van der Waals surface area contributed by atoms with Gasteiger partial charge in [-0.1, -0.05) is 30.3 Å². The Labute approximate surface area is 173 Å². The van der Waals surface area contributed by atoms with Gasteiger partial charge >= 0.3 is 0 Å². The van der Waals surface area contributed by atoms with Crippen LogP contribution in [-0.4, -0.2) is 47.3 Å². The molecular weight excluding hydrogens is 366 g/mol. The summed E-state index contributed by atoms with van der Waals surface area (Å²) in [5.41, 5.74) is 1.36. The first kappa shape index (κ1) is 21.5. The van der Waals surface area contributed by atoms with Gasteiger partial charge in [0.15, 0.2) is 0 Å². The van der Waals surface area contributed by atoms with Crippen LogP contribution in [0.2, 0.25) is 0 Å². The van der Waals surface area contributed by atoms with Gasteiger partial charge in [-0.15, -0.1) is 10.2 Å². The summed E-state index contributed by atoms with van der Waals surface area (Å²) in [6, 6.07) is 10.5. The maximum absolute atomic E-state index is 12.3. The Morgan fingerprint density at radius 2 is 1.83 bits per heavy atom. The molecule has 1 fully saturated rings. The van der Waals surface area contributed by atoms with Crippen molar-refractivity contribution in [1.29, 1.82) is 0 Å². The number of carbonyl (C=O) groups excluding carboxylic acids is 1. The molecule has 3 rings (SSSR count). The molecule has 1 atom stereocenters. The predicted octanol–water partition coefficient (Wildman–Crippen LogP) is 3.99. The highest BCUT2D eigenvalue weighted by Crippen LogP contribution is 2.16. The lowest BCUT2D eigenvalue weighted by Crippen LogP contribution is -2.31. The van der Waals surface area contributed by atoms with Gasteiger partial charge in [0.25, 0.3) is 0 Å². The number of rotatable bonds is 11. The van der Waals surface area contributed by atoms with Gasteiger partial charge in [0, 0.05) is 39.5 Å². The van der Waals surface area contributed by atoms with Crippen LogP contribution in [0.1, 0.15) is 62.3 Å². The van der Waals surface area contributed by atoms with E-state index in [-0.39, 0.29) is 5.91 Å². The number of hydrogen-bond donors (Lipinski definition) is 0. The van der Waals surface area contributed by atoms with Crippen molar-refractivity contribution in [1.82, 2.24) is 15.1 Å². The summed E-state index contributed by atoms with van der Waals surface area (Å²) in [6.45, 7) is 1.59. The van der Waals surface area contributed by atoms with Gasteiger partial charge in [-0.05, 0) is 50.5 Å². The molecule has 1 amide bonds. The Kier molecular flexibility index (Phi) is 8.68. The normalized spacial score (nSPS) is 16.7. The molecule has 2 aromatic rings. The SMILES string of the molecule is CN(CC[C@@H]1CCCCO1)C(=O)CCc1nnc(CCCCc2ccccc2)o1. The smallest absolute Gasteiger partial charge is 0.222 e. The van der Waals surface area contributed by atoms with Crippen LogP contribution in [0.3, 0.4) is 0 Å². The van der Waals surface area contributed by atoms with Crippen molar-refractivity contribution in [2.75, 3.05) is 20.2 Å². The largest absolute Gasteiger partial charge is 0.425 e. The molecule has 0 unspecified atom stereocenters. The molecular formula is C23H33N3O3. The fourth-order valence-electron chi connectivity index (χ4n) is 3.64. The Bertz CT molecular complexity index is 726. The summed E-state index contributed by atoms with van der Waals surface area (Å²) in [6.07, 6.45) is 9.57. The highest BCUT2D eigenvalue weighted by molar-refractivity contribution is 5.75. The minimum absolute atomic E-state index is 0.114. The summed E-state index contributed by atoms with van der Waals surface area (Å²) < 4.78 is 11.4. The first-order valence-corrected chi connectivity index (χ1v) is 10.9. The molecule has 1 aliphatic rings. The molecule has 158 valence electrons. The van der Waals surface area contributed by atoms with E-state index >= 15 is 0 Å². The molecule has 6 heteroatoms. The Morgan fingerprint density at radius 1 is 1.07 bits per heavy atom. The summed E-state index contributed by atoms with van der Waals surface area (Å²) in [7, 11) is 1.86. The van der Waals surface area contributed by atoms with E-state index in [4.69, 9.17) is 9.15 Å². The molecule has 2 heterocycles. The molecule has 6 nitrogen and oxygen atoms in total. The number of hydrogen-bond acceptors (Lipinski definition) is 5. The number of amides is 1. The molecule has 1 aromatic heterocycles. The maximum atomic E-state index is 12.3. The third kappa shape index (κ3) is 7.61. The Balaban J connectivity index is 1.30. The number of benzene rings is 1. The third-order valence-corrected chi connectivity index (χ3v) is 5.50. The minimum atomic E-state index is 0.114. The van der Waals surface area contributed by atoms with Gasteiger partial charge in [0.2, 0.25) is 17.7 Å². The van der Waals surface area contributed by atoms with Crippen LogP contribution in [0.15, 0.2) is 34.7 Å². The number of nitrogens with zero attached hydrogens (tertiary/aromatic N) is 3. The maximum Gasteiger partial charge on any atom is 0.222 e. The molecule has 0 N–H and O–H groups in total. The van der Waals surface area contributed by atoms with Crippen molar-refractivity contribution in [3.63, 3.8) is 0 Å². The predicted molar refractivity (Wildman–Crippen MR) is 112 cm³/mol. The summed E-state index contributed by atoms with van der Waals surface area (Å²) >= 11 is 0. The zero-order valence-electron chi connectivity index (χ0n) is 17.5. The molecule has 0 aliphatic carbocycles. The van der Waals surface area contributed by atoms with Gasteiger partial charge in [0.05, 0.1) is 6.10 Å². The van der Waals surface area contributed by atoms with E-state index in [1.165, 1.54) is 12.0 Å². The zero-order valence-corrected chi connectivity index (χ0v) is 17.5. The second kappa shape index (κ2) is 11.7. The van der Waals surface area contributed by atoms with Gasteiger partial charge in [-0.25, -0.2) is 0 Å². The monoisotopic (exact) mass is 399 g/mol. The first-order valence-electron chi connectivity index (χ1n) is 10.9. The lowest BCUT2D eigenvalue weighted by atomic mass is 10.1. The third-order valence-electron chi connectivity index (χ3n) is 5.50. The average molecular weight is 400 g/mol. The van der Waals surface area contributed by atoms with E-state index in [1.54, 1.807) is 4.90 Å². The van der Waals surface area contributed by atoms with E-state index in [1.807, 2.05) is 13.1 Å². The van der Waals surface area contributed by atoms with Gasteiger partial charge < -0.3 is 14.1 Å². The van der Waals surface area contributed by atoms with E-state index < -0.39 is 0 Å². The van der Waals surface area contributed by atoms with E-state index in [0.29, 0.717) is 30.7 Å². The molecule has 0 bridgehead atoms. The van der Waals surface area contributed by atoms with Crippen molar-refractivity contribution in [3.8, 4) is 0 Å². The second-order valence-corrected chi connectivity index (χ2v) is 7.87. The van der Waals surface area contributed by atoms with Crippen molar-refractivity contribution < 1.29 is 13.9 Å². The lowest BCUT2D eigenvalue weighted by Gasteiger charge is -2.25. The minimum Gasteiger partial charge on any atom is -0.425 e. The highest BCUT2D eigenvalue weighted by Gasteiger charge is 2.17. The van der Waals surface area contributed by atoms with Crippen LogP contribution in [0.5, 0.6) is 0 Å². The zero-order chi connectivity index (χ0) is 20.3. The van der Waals surface area contributed by atoms with Gasteiger partial charge in [-0.2, -0.15) is 0 Å².